The molecule has 0 radical (unpaired) electrons. The first kappa shape index (κ1) is 33.4. The number of methoxy groups -OCH3 is 1. The summed E-state index contributed by atoms with van der Waals surface area (Å²) in [4.78, 5) is 14.3. The summed E-state index contributed by atoms with van der Waals surface area (Å²) < 4.78 is 29.8. The minimum Gasteiger partial charge on any atom is -0.491 e. The molecule has 1 aromatic heterocycles. The van der Waals surface area contributed by atoms with Gasteiger partial charge in [-0.25, -0.2) is 4.79 Å². The lowest BCUT2D eigenvalue weighted by molar-refractivity contribution is 0.0181. The highest BCUT2D eigenvalue weighted by Gasteiger charge is 2.42. The molecule has 43 heavy (non-hydrogen) atoms. The third-order valence-electron chi connectivity index (χ3n) is 9.14. The van der Waals surface area contributed by atoms with Crippen LogP contribution in [0.4, 0.5) is 4.79 Å². The lowest BCUT2D eigenvalue weighted by atomic mass is 9.91. The van der Waals surface area contributed by atoms with Gasteiger partial charge in [-0.1, -0.05) is 37.8 Å². The van der Waals surface area contributed by atoms with E-state index in [1.807, 2.05) is 31.7 Å². The van der Waals surface area contributed by atoms with Crippen LogP contribution in [-0.4, -0.2) is 63.5 Å². The number of aromatic nitrogens is 1. The molecule has 9 heteroatoms. The van der Waals surface area contributed by atoms with Crippen molar-refractivity contribution in [3.8, 4) is 17.6 Å². The zero-order valence-electron chi connectivity index (χ0n) is 27.9. The molecule has 2 aliphatic rings. The van der Waals surface area contributed by atoms with E-state index in [9.17, 15) is 4.79 Å². The van der Waals surface area contributed by atoms with Crippen molar-refractivity contribution in [2.45, 2.75) is 110 Å². The van der Waals surface area contributed by atoms with E-state index >= 15 is 0 Å². The standard InChI is InChI=1S/C34H52N2O6Si/c1-32(2,3)41-31(37)36-20-15-25(16-21-36)11-13-28-26-12-14-29(39-24-34(18-19-34)17-10-22-38-7)27(30(26)42-35-28)23-40-43(8,9)33(4,5)6/h12,14,25H,11,13,15-16,18-24H2,1-9H3. The highest BCUT2D eigenvalue weighted by atomic mass is 28.4. The first-order chi connectivity index (χ1) is 20.1. The van der Waals surface area contributed by atoms with Crippen LogP contribution >= 0.6 is 0 Å². The van der Waals surface area contributed by atoms with Gasteiger partial charge in [-0.3, -0.25) is 0 Å². The molecule has 0 N–H and O–H groups in total. The number of hydrogen-bond donors (Lipinski definition) is 0. The topological polar surface area (TPSA) is 83.3 Å². The van der Waals surface area contributed by atoms with Crippen LogP contribution in [-0.2, 0) is 26.9 Å². The SMILES string of the molecule is COCC#CC1(COc2ccc3c(CCC4CCN(C(=O)OC(C)(C)C)CC4)noc3c2CO[Si](C)(C)C(C)(C)C)CC1. The number of piperidine rings is 1. The number of hydrogen-bond acceptors (Lipinski definition) is 7. The zero-order valence-corrected chi connectivity index (χ0v) is 28.9. The molecule has 8 nitrogen and oxygen atoms in total. The highest BCUT2D eigenvalue weighted by molar-refractivity contribution is 6.74. The van der Waals surface area contributed by atoms with Gasteiger partial charge in [-0.2, -0.15) is 0 Å². The molecule has 0 bridgehead atoms. The van der Waals surface area contributed by atoms with Crippen LogP contribution in [0.25, 0.3) is 11.0 Å². The Hall–Kier alpha value is -2.54. The second-order valence-electron chi connectivity index (χ2n) is 14.9. The molecule has 1 saturated heterocycles. The Morgan fingerprint density at radius 2 is 1.84 bits per heavy atom. The molecule has 1 aliphatic heterocycles. The average molecular weight is 613 g/mol. The lowest BCUT2D eigenvalue weighted by Crippen LogP contribution is -2.41. The normalized spacial score (nSPS) is 17.5. The summed E-state index contributed by atoms with van der Waals surface area (Å²) in [6.07, 6.45) is 5.61. The van der Waals surface area contributed by atoms with Crippen molar-refractivity contribution in [3.63, 3.8) is 0 Å². The number of ether oxygens (including phenoxy) is 3. The van der Waals surface area contributed by atoms with E-state index in [4.69, 9.17) is 23.2 Å². The number of likely N-dealkylation sites (tertiary alicyclic amines) is 1. The van der Waals surface area contributed by atoms with E-state index in [1.165, 1.54) is 0 Å². The van der Waals surface area contributed by atoms with Gasteiger partial charge >= 0.3 is 6.09 Å². The molecule has 1 aromatic carbocycles. The van der Waals surface area contributed by atoms with Crippen molar-refractivity contribution in [2.24, 2.45) is 11.3 Å². The van der Waals surface area contributed by atoms with Crippen LogP contribution in [0.1, 0.15) is 84.9 Å². The van der Waals surface area contributed by atoms with E-state index in [1.54, 1.807) is 7.11 Å². The molecular weight excluding hydrogens is 560 g/mol. The Kier molecular flexibility index (Phi) is 10.2. The van der Waals surface area contributed by atoms with Gasteiger partial charge in [0.25, 0.3) is 0 Å². The summed E-state index contributed by atoms with van der Waals surface area (Å²) in [5.41, 5.74) is 2.07. The smallest absolute Gasteiger partial charge is 0.410 e. The second-order valence-corrected chi connectivity index (χ2v) is 19.7. The van der Waals surface area contributed by atoms with Crippen molar-refractivity contribution in [3.05, 3.63) is 23.4 Å². The average Bonchev–Trinajstić information content (AvgIpc) is 3.57. The Balaban J connectivity index is 1.46. The number of carbonyl (C=O) groups is 1. The molecule has 2 fully saturated rings. The maximum atomic E-state index is 12.5. The van der Waals surface area contributed by atoms with Gasteiger partial charge < -0.3 is 28.1 Å². The zero-order chi connectivity index (χ0) is 31.5. The molecule has 2 heterocycles. The number of carbonyl (C=O) groups excluding carboxylic acids is 1. The maximum Gasteiger partial charge on any atom is 0.410 e. The van der Waals surface area contributed by atoms with Gasteiger partial charge in [-0.15, -0.1) is 0 Å². The monoisotopic (exact) mass is 612 g/mol. The van der Waals surface area contributed by atoms with Crippen molar-refractivity contribution < 1.29 is 28.0 Å². The number of amides is 1. The maximum absolute atomic E-state index is 12.5. The Bertz CT molecular complexity index is 1310. The van der Waals surface area contributed by atoms with Gasteiger partial charge in [0.2, 0.25) is 0 Å². The molecular formula is C34H52N2O6Si. The van der Waals surface area contributed by atoms with Gasteiger partial charge in [0.15, 0.2) is 13.9 Å². The van der Waals surface area contributed by atoms with E-state index in [2.05, 4.69) is 56.9 Å². The number of benzene rings is 1. The lowest BCUT2D eigenvalue weighted by Gasteiger charge is -2.36. The molecule has 4 rings (SSSR count). The van der Waals surface area contributed by atoms with Crippen LogP contribution < -0.4 is 4.74 Å². The summed E-state index contributed by atoms with van der Waals surface area (Å²) in [5, 5.41) is 5.64. The van der Waals surface area contributed by atoms with E-state index < -0.39 is 13.9 Å². The molecule has 2 aromatic rings. The van der Waals surface area contributed by atoms with Crippen molar-refractivity contribution in [1.29, 1.82) is 0 Å². The van der Waals surface area contributed by atoms with Crippen LogP contribution in [0.2, 0.25) is 18.1 Å². The molecule has 1 saturated carbocycles. The van der Waals surface area contributed by atoms with Crippen LogP contribution in [0.3, 0.4) is 0 Å². The molecule has 0 spiro atoms. The largest absolute Gasteiger partial charge is 0.491 e. The third kappa shape index (κ3) is 8.77. The quantitative estimate of drug-likeness (QED) is 0.200. The number of rotatable bonds is 10. The number of aryl methyl sites for hydroxylation is 1. The van der Waals surface area contributed by atoms with Crippen LogP contribution in [0.15, 0.2) is 16.7 Å². The number of fused-ring (bicyclic) bond motifs is 1. The van der Waals surface area contributed by atoms with Crippen molar-refractivity contribution >= 4 is 25.4 Å². The van der Waals surface area contributed by atoms with Crippen molar-refractivity contribution in [2.75, 3.05) is 33.4 Å². The van der Waals surface area contributed by atoms with Gasteiger partial charge in [0.1, 0.15) is 24.6 Å². The van der Waals surface area contributed by atoms with E-state index in [0.29, 0.717) is 25.7 Å². The minimum absolute atomic E-state index is 0.0859. The van der Waals surface area contributed by atoms with Crippen LogP contribution in [0, 0.1) is 23.2 Å². The summed E-state index contributed by atoms with van der Waals surface area (Å²) in [6.45, 7) is 19.8. The molecule has 0 unspecified atom stereocenters. The molecule has 1 amide bonds. The fourth-order valence-electron chi connectivity index (χ4n) is 5.05. The van der Waals surface area contributed by atoms with E-state index in [-0.39, 0.29) is 16.5 Å². The second kappa shape index (κ2) is 13.2. The van der Waals surface area contributed by atoms with Gasteiger partial charge in [0.05, 0.1) is 23.3 Å². The van der Waals surface area contributed by atoms with Crippen molar-refractivity contribution in [1.82, 2.24) is 10.1 Å². The summed E-state index contributed by atoms with van der Waals surface area (Å²) in [7, 11) is -0.354. The molecule has 1 aliphatic carbocycles. The Morgan fingerprint density at radius 3 is 2.44 bits per heavy atom. The van der Waals surface area contributed by atoms with Gasteiger partial charge in [-0.05, 0) is 95.5 Å². The summed E-state index contributed by atoms with van der Waals surface area (Å²) >= 11 is 0. The first-order valence-corrected chi connectivity index (χ1v) is 18.7. The molecule has 0 atom stereocenters. The fraction of sp³-hybridized carbons (Fsp3) is 0.706. The highest BCUT2D eigenvalue weighted by Crippen LogP contribution is 2.46. The Morgan fingerprint density at radius 1 is 1.14 bits per heavy atom. The third-order valence-corrected chi connectivity index (χ3v) is 13.6. The Labute approximate surface area is 259 Å². The predicted molar refractivity (Wildman–Crippen MR) is 172 cm³/mol. The molecule has 238 valence electrons. The fourth-order valence-corrected chi connectivity index (χ4v) is 5.99. The predicted octanol–water partition coefficient (Wildman–Crippen LogP) is 7.74. The summed E-state index contributed by atoms with van der Waals surface area (Å²) in [6, 6.07) is 4.12. The summed E-state index contributed by atoms with van der Waals surface area (Å²) in [5.74, 6) is 7.78. The first-order valence-electron chi connectivity index (χ1n) is 15.8. The number of nitrogens with zero attached hydrogens (tertiary/aromatic N) is 2. The van der Waals surface area contributed by atoms with E-state index in [0.717, 1.165) is 79.6 Å². The van der Waals surface area contributed by atoms with Crippen LogP contribution in [0.5, 0.6) is 5.75 Å². The minimum atomic E-state index is -2.02. The van der Waals surface area contributed by atoms with Gasteiger partial charge in [0, 0.05) is 25.6 Å².